The Morgan fingerprint density at radius 3 is 1.84 bits per heavy atom. The molecule has 14 heteroatoms. The molecule has 330 valence electrons. The molecule has 12 nitrogen and oxygen atoms in total. The van der Waals surface area contributed by atoms with Gasteiger partial charge in [-0.15, -0.1) is 0 Å². The number of nitrogens with zero attached hydrogens (tertiary/aromatic N) is 1. The van der Waals surface area contributed by atoms with Gasteiger partial charge in [0, 0.05) is 6.54 Å². The van der Waals surface area contributed by atoms with E-state index < -0.39 is 57.3 Å². The number of aliphatic hydroxyl groups is 1. The number of carbonyl (C=O) groups is 5. The van der Waals surface area contributed by atoms with Crippen LogP contribution in [0.25, 0.3) is 0 Å². The minimum atomic E-state index is -5.13. The summed E-state index contributed by atoms with van der Waals surface area (Å²) in [5, 5.41) is 12.9. The maximum atomic E-state index is 15.8. The van der Waals surface area contributed by atoms with E-state index in [0.29, 0.717) is 27.2 Å². The molecule has 0 aliphatic carbocycles. The van der Waals surface area contributed by atoms with Crippen molar-refractivity contribution < 1.29 is 47.5 Å². The molecular weight excluding hydrogens is 824 g/mol. The average molecular weight is 883 g/mol. The normalized spacial score (nSPS) is 17.0. The van der Waals surface area contributed by atoms with Crippen LogP contribution >= 0.6 is 6.98 Å². The van der Waals surface area contributed by atoms with Crippen molar-refractivity contribution in [3.8, 4) is 5.75 Å². The van der Waals surface area contributed by atoms with Gasteiger partial charge in [0.05, 0.1) is 6.61 Å². The summed E-state index contributed by atoms with van der Waals surface area (Å²) in [6, 6.07) is 32.9. The third kappa shape index (κ3) is 9.46. The fourth-order valence-electron chi connectivity index (χ4n) is 7.82. The van der Waals surface area contributed by atoms with Gasteiger partial charge in [-0.2, -0.15) is 0 Å². The zero-order valence-electron chi connectivity index (χ0n) is 36.6. The molecule has 2 N–H and O–H groups in total. The Labute approximate surface area is 365 Å². The number of esters is 1. The number of ketones is 1. The van der Waals surface area contributed by atoms with Crippen LogP contribution in [0.2, 0.25) is 18.1 Å². The Kier molecular flexibility index (Phi) is 15.1. The Morgan fingerprint density at radius 2 is 1.39 bits per heavy atom. The van der Waals surface area contributed by atoms with Crippen LogP contribution in [0, 0.1) is 5.92 Å². The molecule has 0 spiro atoms. The Bertz CT molecular complexity index is 2120. The molecule has 1 aliphatic rings. The van der Waals surface area contributed by atoms with Crippen molar-refractivity contribution >= 4 is 60.7 Å². The quantitative estimate of drug-likeness (QED) is 0.0255. The fraction of sp³-hybridized carbons (Fsp3) is 0.354. The van der Waals surface area contributed by atoms with Gasteiger partial charge in [0.15, 0.2) is 0 Å². The number of aliphatic hydroxyl groups excluding tert-OH is 1. The van der Waals surface area contributed by atoms with Crippen LogP contribution in [-0.2, 0) is 32.9 Å². The van der Waals surface area contributed by atoms with Crippen molar-refractivity contribution in [1.29, 1.82) is 0 Å². The molecule has 4 aromatic carbocycles. The second-order valence-corrected chi connectivity index (χ2v) is 25.8. The summed E-state index contributed by atoms with van der Waals surface area (Å²) in [5.74, 6) is -3.15. The number of benzene rings is 4. The summed E-state index contributed by atoms with van der Waals surface area (Å²) < 4.78 is 27.0. The summed E-state index contributed by atoms with van der Waals surface area (Å²) in [5.41, 5.74) is 0.329. The monoisotopic (exact) mass is 882 g/mol. The van der Waals surface area contributed by atoms with E-state index >= 15 is 9.59 Å². The van der Waals surface area contributed by atoms with Gasteiger partial charge in [0.1, 0.15) is 0 Å². The zero-order valence-corrected chi connectivity index (χ0v) is 38.5. The van der Waals surface area contributed by atoms with Crippen molar-refractivity contribution in [2.75, 3.05) is 19.8 Å². The number of amides is 2. The molecule has 0 bridgehead atoms. The zero-order chi connectivity index (χ0) is 45.3. The first-order valence-corrected chi connectivity index (χ1v) is 25.8. The number of nitrogens with one attached hydrogen (secondary N) is 1. The number of ether oxygens (including phenoxy) is 2. The summed E-state index contributed by atoms with van der Waals surface area (Å²) in [6.07, 6.45) is -0.844. The molecule has 1 unspecified atom stereocenters. The van der Waals surface area contributed by atoms with Crippen molar-refractivity contribution in [2.24, 2.45) is 5.92 Å². The number of rotatable bonds is 20. The first-order valence-electron chi connectivity index (χ1n) is 20.8. The summed E-state index contributed by atoms with van der Waals surface area (Å²) >= 11 is 0. The van der Waals surface area contributed by atoms with Crippen LogP contribution in [0.4, 0.5) is 0 Å². The first kappa shape index (κ1) is 47.6. The van der Waals surface area contributed by atoms with Crippen molar-refractivity contribution in [3.05, 3.63) is 133 Å². The van der Waals surface area contributed by atoms with Gasteiger partial charge in [-0.3, -0.25) is 0 Å². The fourth-order valence-corrected chi connectivity index (χ4v) is 15.2. The van der Waals surface area contributed by atoms with Crippen molar-refractivity contribution in [3.63, 3.8) is 0 Å². The van der Waals surface area contributed by atoms with E-state index in [9.17, 15) is 14.4 Å². The van der Waals surface area contributed by atoms with Crippen LogP contribution in [0.5, 0.6) is 5.75 Å². The van der Waals surface area contributed by atoms with Crippen LogP contribution in [0.3, 0.4) is 0 Å². The van der Waals surface area contributed by atoms with Crippen molar-refractivity contribution in [2.45, 2.75) is 83.8 Å². The van der Waals surface area contributed by atoms with E-state index in [0.717, 1.165) is 0 Å². The summed E-state index contributed by atoms with van der Waals surface area (Å²) in [4.78, 5) is 70.1. The number of carbonyl (C=O) groups excluding carboxylic acids is 5. The summed E-state index contributed by atoms with van der Waals surface area (Å²) in [6.45, 7) is 11.9. The average Bonchev–Trinajstić information content (AvgIpc) is 3.24. The minimum absolute atomic E-state index is 0.0633. The molecule has 1 fully saturated rings. The molecule has 5 rings (SSSR count). The van der Waals surface area contributed by atoms with Crippen LogP contribution in [0.15, 0.2) is 128 Å². The van der Waals surface area contributed by atoms with Gasteiger partial charge in [-0.05, 0) is 0 Å². The van der Waals surface area contributed by atoms with Gasteiger partial charge in [-0.25, -0.2) is 0 Å². The number of β-lactam (4-membered cyclic amide) rings is 1. The van der Waals surface area contributed by atoms with E-state index in [2.05, 4.69) is 45.8 Å². The van der Waals surface area contributed by atoms with E-state index in [1.165, 1.54) is 13.0 Å². The topological polar surface area (TPSA) is 158 Å². The number of hydrogen-bond donors (Lipinski definition) is 2. The molecule has 4 aromatic rings. The van der Waals surface area contributed by atoms with E-state index in [4.69, 9.17) is 23.5 Å². The molecule has 1 saturated heterocycles. The van der Waals surface area contributed by atoms with E-state index in [-0.39, 0.29) is 49.3 Å². The molecule has 2 amide bonds. The number of hydrogen-bond acceptors (Lipinski definition) is 10. The Balaban J connectivity index is 1.77. The van der Waals surface area contributed by atoms with E-state index in [1.54, 1.807) is 28.9 Å². The second kappa shape index (κ2) is 19.7. The summed E-state index contributed by atoms with van der Waals surface area (Å²) in [7, 11) is -2.49. The maximum absolute atomic E-state index is 15.8. The van der Waals surface area contributed by atoms with Gasteiger partial charge in [-0.1, -0.05) is 0 Å². The Morgan fingerprint density at radius 1 is 0.871 bits per heavy atom. The van der Waals surface area contributed by atoms with Gasteiger partial charge < -0.3 is 5.11 Å². The molecule has 1 aliphatic heterocycles. The molecule has 1 heterocycles. The third-order valence-corrected chi connectivity index (χ3v) is 21.9. The van der Waals surface area contributed by atoms with E-state index in [1.807, 2.05) is 97.9 Å². The molecule has 0 saturated carbocycles. The van der Waals surface area contributed by atoms with Crippen LogP contribution in [-0.4, -0.2) is 85.6 Å². The molecule has 4 atom stereocenters. The molecule has 0 radical (unpaired) electrons. The standard InChI is InChI=1S/C48H59N2O10PSi/c1-9-19-43(58-35(3)52)47(56)59-61(38-20-13-10-14-21-38,39-22-15-11-16-23-39,40-24-17-12-18-25-40)50-41(45(46(50)55)34(2)60-62(7,8)48(4,5)6)32-42(53)36-26-28-37(29-27-36)57-33-44(54)49-30-31-51/h9-18,20-29,34,41,43,45,51H,1,19,30-33H2,2-8H3,(H,49,54)/t34-,41-,43?,45-/m1/s1. The first-order chi connectivity index (χ1) is 29.4. The van der Waals surface area contributed by atoms with Gasteiger partial charge in [0.2, 0.25) is 0 Å². The van der Waals surface area contributed by atoms with Crippen LogP contribution < -0.4 is 26.0 Å². The molecular formula is C48H59N2O10PSi. The third-order valence-electron chi connectivity index (χ3n) is 11.7. The SMILES string of the molecule is C=CCC(OC(C)=O)C(=O)OP(c1ccccc1)(c1ccccc1)(c1ccccc1)N1C(=O)[C@H]([C@@H](C)O[Si](C)(C)C(C)(C)C)[C@H]1CC(=O)c1ccc(OCC(=O)NCCO)cc1. The number of Topliss-reactive ketones (excluding diaryl/α,β-unsaturated/α-hetero) is 1. The predicted molar refractivity (Wildman–Crippen MR) is 244 cm³/mol. The molecule has 0 aromatic heterocycles. The Hall–Kier alpha value is -5.46. The predicted octanol–water partition coefficient (Wildman–Crippen LogP) is 6.39. The van der Waals surface area contributed by atoms with Gasteiger partial charge >= 0.3 is 349 Å². The second-order valence-electron chi connectivity index (χ2n) is 16.9. The van der Waals surface area contributed by atoms with Crippen molar-refractivity contribution in [1.82, 2.24) is 9.99 Å². The molecule has 62 heavy (non-hydrogen) atoms. The van der Waals surface area contributed by atoms with Crippen LogP contribution in [0.1, 0.15) is 57.8 Å². The van der Waals surface area contributed by atoms with Gasteiger partial charge in [0.25, 0.3) is 0 Å².